The fraction of sp³-hybridized carbons (Fsp3) is 0.571. The summed E-state index contributed by atoms with van der Waals surface area (Å²) in [6, 6.07) is -0.562. The zero-order chi connectivity index (χ0) is 11.7. The smallest absolute Gasteiger partial charge is 0.329 e. The summed E-state index contributed by atoms with van der Waals surface area (Å²) >= 11 is 0. The predicted molar refractivity (Wildman–Crippen MR) is 49.1 cm³/mol. The zero-order valence-corrected chi connectivity index (χ0v) is 7.99. The Kier molecular flexibility index (Phi) is 6.64. The third-order valence-corrected chi connectivity index (χ3v) is 1.18. The van der Waals surface area contributed by atoms with Gasteiger partial charge in [0, 0.05) is 6.54 Å². The van der Waals surface area contributed by atoms with E-state index in [0.717, 1.165) is 0 Å². The number of nitrogens with one attached hydrogen (secondary N) is 2. The molecular weight excluding hydrogens is 206 g/mol. The molecule has 8 nitrogen and oxygen atoms in total. The largest absolute Gasteiger partial charge is 0.480 e. The number of nitrogens with two attached hydrogens (primary N) is 1. The van der Waals surface area contributed by atoms with Crippen LogP contribution in [0.4, 0.5) is 4.79 Å². The van der Waals surface area contributed by atoms with Crippen LogP contribution in [-0.4, -0.2) is 49.3 Å². The molecule has 0 radical (unpaired) electrons. The van der Waals surface area contributed by atoms with Crippen molar-refractivity contribution in [2.24, 2.45) is 5.73 Å². The lowest BCUT2D eigenvalue weighted by Gasteiger charge is -2.05. The Morgan fingerprint density at radius 1 is 1.27 bits per heavy atom. The normalized spacial score (nSPS) is 9.33. The third-order valence-electron chi connectivity index (χ3n) is 1.18. The number of carboxylic acids is 1. The van der Waals surface area contributed by atoms with Gasteiger partial charge in [-0.05, 0) is 0 Å². The number of primary amides is 1. The lowest BCUT2D eigenvalue weighted by Crippen LogP contribution is -2.41. The molecule has 0 atom stereocenters. The van der Waals surface area contributed by atoms with Crippen molar-refractivity contribution < 1.29 is 24.2 Å². The van der Waals surface area contributed by atoms with Crippen LogP contribution in [-0.2, 0) is 14.3 Å². The molecule has 0 aliphatic heterocycles. The van der Waals surface area contributed by atoms with Gasteiger partial charge >= 0.3 is 12.0 Å². The van der Waals surface area contributed by atoms with Gasteiger partial charge in [-0.15, -0.1) is 0 Å². The van der Waals surface area contributed by atoms with Crippen LogP contribution < -0.4 is 16.4 Å². The Hall–Kier alpha value is -1.83. The first-order valence-electron chi connectivity index (χ1n) is 4.12. The van der Waals surface area contributed by atoms with Gasteiger partial charge in [-0.25, -0.2) is 9.59 Å². The van der Waals surface area contributed by atoms with Crippen LogP contribution >= 0.6 is 0 Å². The van der Waals surface area contributed by atoms with Gasteiger partial charge in [0.1, 0.15) is 6.61 Å². The monoisotopic (exact) mass is 219 g/mol. The summed E-state index contributed by atoms with van der Waals surface area (Å²) in [5.74, 6) is -1.72. The molecule has 5 N–H and O–H groups in total. The average molecular weight is 219 g/mol. The fourth-order valence-electron chi connectivity index (χ4n) is 0.626. The van der Waals surface area contributed by atoms with Gasteiger partial charge in [0.25, 0.3) is 0 Å². The van der Waals surface area contributed by atoms with E-state index in [2.05, 4.69) is 15.4 Å². The highest BCUT2D eigenvalue weighted by molar-refractivity contribution is 5.82. The molecular formula is C7H13N3O5. The molecule has 0 saturated carbocycles. The Bertz CT molecular complexity index is 243. The first kappa shape index (κ1) is 13.2. The molecule has 0 unspecified atom stereocenters. The summed E-state index contributed by atoms with van der Waals surface area (Å²) in [6.07, 6.45) is 0. The van der Waals surface area contributed by atoms with Crippen molar-refractivity contribution in [2.75, 3.05) is 26.3 Å². The molecule has 15 heavy (non-hydrogen) atoms. The standard InChI is InChI=1S/C7H13N3O5/c8-5(11)3-10-7(14)9-1-2-15-4-6(12)13/h1-4H2,(H2,8,11)(H,12,13)(H2,9,10,14). The van der Waals surface area contributed by atoms with Crippen LogP contribution in [0.2, 0.25) is 0 Å². The van der Waals surface area contributed by atoms with E-state index in [-0.39, 0.29) is 19.7 Å². The Labute approximate surface area is 85.8 Å². The fourth-order valence-corrected chi connectivity index (χ4v) is 0.626. The molecule has 0 aromatic heterocycles. The first-order valence-corrected chi connectivity index (χ1v) is 4.12. The second-order valence-electron chi connectivity index (χ2n) is 2.52. The van der Waals surface area contributed by atoms with E-state index in [1.807, 2.05) is 0 Å². The molecule has 0 rings (SSSR count). The molecule has 8 heteroatoms. The topological polar surface area (TPSA) is 131 Å². The highest BCUT2D eigenvalue weighted by Crippen LogP contribution is 1.73. The summed E-state index contributed by atoms with van der Waals surface area (Å²) < 4.78 is 4.64. The number of ether oxygens (including phenoxy) is 1. The Balaban J connectivity index is 3.31. The van der Waals surface area contributed by atoms with E-state index in [4.69, 9.17) is 10.8 Å². The van der Waals surface area contributed by atoms with Crippen molar-refractivity contribution in [3.8, 4) is 0 Å². The quantitative estimate of drug-likeness (QED) is 0.363. The van der Waals surface area contributed by atoms with Crippen molar-refractivity contribution in [1.29, 1.82) is 0 Å². The number of rotatable bonds is 7. The number of urea groups is 1. The number of hydrogen-bond acceptors (Lipinski definition) is 4. The summed E-state index contributed by atoms with van der Waals surface area (Å²) in [5.41, 5.74) is 4.78. The van der Waals surface area contributed by atoms with Crippen molar-refractivity contribution in [3.05, 3.63) is 0 Å². The van der Waals surface area contributed by atoms with E-state index in [1.54, 1.807) is 0 Å². The number of carboxylic acid groups (broad SMARTS) is 1. The minimum atomic E-state index is -1.08. The van der Waals surface area contributed by atoms with Crippen LogP contribution in [0.25, 0.3) is 0 Å². The Morgan fingerprint density at radius 3 is 2.47 bits per heavy atom. The zero-order valence-electron chi connectivity index (χ0n) is 7.99. The van der Waals surface area contributed by atoms with E-state index < -0.39 is 24.5 Å². The molecule has 0 spiro atoms. The molecule has 3 amide bonds. The van der Waals surface area contributed by atoms with Crippen LogP contribution in [0.1, 0.15) is 0 Å². The lowest BCUT2D eigenvalue weighted by molar-refractivity contribution is -0.142. The maximum Gasteiger partial charge on any atom is 0.329 e. The second-order valence-corrected chi connectivity index (χ2v) is 2.52. The van der Waals surface area contributed by atoms with E-state index in [1.165, 1.54) is 0 Å². The maximum absolute atomic E-state index is 10.8. The Morgan fingerprint density at radius 2 is 1.93 bits per heavy atom. The van der Waals surface area contributed by atoms with Crippen LogP contribution in [0.5, 0.6) is 0 Å². The first-order chi connectivity index (χ1) is 7.02. The van der Waals surface area contributed by atoms with Crippen molar-refractivity contribution in [1.82, 2.24) is 10.6 Å². The number of aliphatic carboxylic acids is 1. The molecule has 0 aliphatic carbocycles. The number of amides is 3. The van der Waals surface area contributed by atoms with Crippen LogP contribution in [0.3, 0.4) is 0 Å². The van der Waals surface area contributed by atoms with E-state index in [0.29, 0.717) is 0 Å². The number of hydrogen-bond donors (Lipinski definition) is 4. The number of carbonyl (C=O) groups is 3. The van der Waals surface area contributed by atoms with Crippen molar-refractivity contribution in [2.45, 2.75) is 0 Å². The third kappa shape index (κ3) is 10.1. The van der Waals surface area contributed by atoms with Gasteiger partial charge in [-0.1, -0.05) is 0 Å². The van der Waals surface area contributed by atoms with Gasteiger partial charge < -0.3 is 26.2 Å². The minimum Gasteiger partial charge on any atom is -0.480 e. The summed E-state index contributed by atoms with van der Waals surface area (Å²) in [6.45, 7) is -0.430. The lowest BCUT2D eigenvalue weighted by atomic mass is 10.6. The van der Waals surface area contributed by atoms with Crippen molar-refractivity contribution >= 4 is 17.9 Å². The molecule has 0 aliphatic rings. The van der Waals surface area contributed by atoms with Gasteiger partial charge in [-0.3, -0.25) is 4.79 Å². The molecule has 0 aromatic carbocycles. The number of carbonyl (C=O) groups excluding carboxylic acids is 2. The molecule has 0 saturated heterocycles. The highest BCUT2D eigenvalue weighted by Gasteiger charge is 2.01. The van der Waals surface area contributed by atoms with Crippen LogP contribution in [0.15, 0.2) is 0 Å². The van der Waals surface area contributed by atoms with Gasteiger partial charge in [0.15, 0.2) is 0 Å². The highest BCUT2D eigenvalue weighted by atomic mass is 16.5. The van der Waals surface area contributed by atoms with Gasteiger partial charge in [0.2, 0.25) is 5.91 Å². The molecule has 0 bridgehead atoms. The van der Waals surface area contributed by atoms with Crippen LogP contribution in [0, 0.1) is 0 Å². The predicted octanol–water partition coefficient (Wildman–Crippen LogP) is -2.13. The molecule has 86 valence electrons. The average Bonchev–Trinajstić information content (AvgIpc) is 2.13. The van der Waals surface area contributed by atoms with Crippen molar-refractivity contribution in [3.63, 3.8) is 0 Å². The minimum absolute atomic E-state index is 0.0797. The van der Waals surface area contributed by atoms with Gasteiger partial charge in [0.05, 0.1) is 13.2 Å². The molecule has 0 fully saturated rings. The molecule has 0 aromatic rings. The summed E-state index contributed by atoms with van der Waals surface area (Å²) in [4.78, 5) is 31.1. The maximum atomic E-state index is 10.8. The SMILES string of the molecule is NC(=O)CNC(=O)NCCOCC(=O)O. The van der Waals surface area contributed by atoms with E-state index in [9.17, 15) is 14.4 Å². The molecule has 0 heterocycles. The summed E-state index contributed by atoms with van der Waals surface area (Å²) in [5, 5.41) is 12.7. The summed E-state index contributed by atoms with van der Waals surface area (Å²) in [7, 11) is 0. The van der Waals surface area contributed by atoms with E-state index >= 15 is 0 Å². The second kappa shape index (κ2) is 7.56. The van der Waals surface area contributed by atoms with Gasteiger partial charge in [-0.2, -0.15) is 0 Å².